The van der Waals surface area contributed by atoms with Gasteiger partial charge in [0.15, 0.2) is 0 Å². The smallest absolute Gasteiger partial charge is 0.541 e. The molecule has 0 aliphatic heterocycles. The largest absolute Gasteiger partial charge is 2.00 e. The second-order valence-corrected chi connectivity index (χ2v) is 6.37. The van der Waals surface area contributed by atoms with Gasteiger partial charge in [0.2, 0.25) is 0 Å². The van der Waals surface area contributed by atoms with Gasteiger partial charge in [-0.1, -0.05) is 54.4 Å². The van der Waals surface area contributed by atoms with Crippen LogP contribution in [0.4, 0.5) is 0 Å². The van der Waals surface area contributed by atoms with Crippen LogP contribution in [-0.4, -0.2) is 47.6 Å². The van der Waals surface area contributed by atoms with Crippen LogP contribution in [0.3, 0.4) is 0 Å². The normalized spacial score (nSPS) is 8.67. The van der Waals surface area contributed by atoms with Gasteiger partial charge in [0.25, 0.3) is 0 Å². The van der Waals surface area contributed by atoms with Crippen molar-refractivity contribution in [2.75, 3.05) is 13.2 Å². The van der Waals surface area contributed by atoms with Crippen molar-refractivity contribution in [1.82, 2.24) is 0 Å². The second-order valence-electron chi connectivity index (χ2n) is 6.37. The van der Waals surface area contributed by atoms with Crippen molar-refractivity contribution in [1.29, 1.82) is 0 Å². The van der Waals surface area contributed by atoms with E-state index in [1.165, 1.54) is 0 Å². The van der Waals surface area contributed by atoms with Gasteiger partial charge in [-0.3, -0.25) is 12.6 Å². The van der Waals surface area contributed by atoms with Crippen molar-refractivity contribution in [3.05, 3.63) is 0 Å². The van der Waals surface area contributed by atoms with E-state index in [1.54, 1.807) is 12.6 Å². The number of rotatable bonds is 10. The molecule has 0 unspecified atom stereocenters. The molecule has 0 saturated heterocycles. The molecule has 0 fully saturated rings. The maximum Gasteiger partial charge on any atom is 2.00 e. The minimum atomic E-state index is -0.0339. The molecule has 0 aliphatic carbocycles. The first kappa shape index (κ1) is 37.1. The summed E-state index contributed by atoms with van der Waals surface area (Å²) in [6, 6.07) is 0. The number of carbonyl (C=O) groups excluding carboxylic acids is 4. The summed E-state index contributed by atoms with van der Waals surface area (Å²) >= 11 is 0. The number of ketones is 2. The first-order valence-electron chi connectivity index (χ1n) is 9.11. The first-order valence-corrected chi connectivity index (χ1v) is 9.11. The Balaban J connectivity index is -0.0000000807. The van der Waals surface area contributed by atoms with E-state index in [1.807, 2.05) is 41.5 Å². The fourth-order valence-corrected chi connectivity index (χ4v) is 0.895. The van der Waals surface area contributed by atoms with Gasteiger partial charge in [0, 0.05) is 26.1 Å². The third-order valence-electron chi connectivity index (χ3n) is 2.33. The number of aliphatic hydroxyl groups excluding tert-OH is 2. The van der Waals surface area contributed by atoms with Gasteiger partial charge in [0.05, 0.1) is 0 Å². The molecule has 0 aromatic heterocycles. The zero-order valence-corrected chi connectivity index (χ0v) is 19.4. The maximum atomic E-state index is 10.4. The van der Waals surface area contributed by atoms with E-state index in [0.29, 0.717) is 37.9 Å². The molecule has 0 bridgehead atoms. The molecule has 0 amide bonds. The average molecular weight is 422 g/mol. The number of aliphatic hydroxyl groups is 2. The molecule has 2 N–H and O–H groups in total. The van der Waals surface area contributed by atoms with E-state index in [9.17, 15) is 19.2 Å². The number of Topliss-reactive ketones (excluding diaryl/α,β-unsaturated/α-hetero) is 2. The van der Waals surface area contributed by atoms with Crippen LogP contribution in [0.25, 0.3) is 0 Å². The molecule has 7 heteroatoms. The monoisotopic (exact) mass is 422 g/mol. The summed E-state index contributed by atoms with van der Waals surface area (Å²) in [5, 5.41) is 16.3. The Labute approximate surface area is 180 Å². The predicted octanol–water partition coefficient (Wildman–Crippen LogP) is 2.98. The SMILES string of the molecule is CC(C)CO.CC(C)CO.CCCC(=O)C[C-]=O.CCCC(=O)C[C-]=O.[Ti+2]. The summed E-state index contributed by atoms with van der Waals surface area (Å²) in [6.45, 7) is 12.3. The molecule has 0 aromatic rings. The van der Waals surface area contributed by atoms with Crippen LogP contribution in [0.5, 0.6) is 0 Å². The average Bonchev–Trinajstić information content (AvgIpc) is 2.57. The predicted molar refractivity (Wildman–Crippen MR) is 104 cm³/mol. The van der Waals surface area contributed by atoms with Crippen LogP contribution in [0.15, 0.2) is 0 Å². The van der Waals surface area contributed by atoms with Gasteiger partial charge < -0.3 is 29.4 Å². The Morgan fingerprint density at radius 2 is 0.963 bits per heavy atom. The van der Waals surface area contributed by atoms with Crippen LogP contribution in [-0.2, 0) is 40.9 Å². The van der Waals surface area contributed by atoms with Crippen LogP contribution in [0.2, 0.25) is 0 Å². The molecule has 0 aromatic carbocycles. The molecule has 0 atom stereocenters. The Morgan fingerprint density at radius 3 is 1.07 bits per heavy atom. The number of carbonyl (C=O) groups is 2. The van der Waals surface area contributed by atoms with Crippen LogP contribution >= 0.6 is 0 Å². The topological polar surface area (TPSA) is 109 Å². The minimum absolute atomic E-state index is 0. The van der Waals surface area contributed by atoms with Gasteiger partial charge in [-0.2, -0.15) is 0 Å². The molecule has 158 valence electrons. The molecule has 27 heavy (non-hydrogen) atoms. The van der Waals surface area contributed by atoms with E-state index in [2.05, 4.69) is 0 Å². The van der Waals surface area contributed by atoms with Crippen molar-refractivity contribution in [3.63, 3.8) is 0 Å². The molecule has 0 heterocycles. The van der Waals surface area contributed by atoms with Crippen LogP contribution in [0, 0.1) is 11.8 Å². The fourth-order valence-electron chi connectivity index (χ4n) is 0.895. The number of hydrogen-bond donors (Lipinski definition) is 2. The molecular formula is C20H38O6Ti. The zero-order valence-electron chi connectivity index (χ0n) is 17.8. The minimum Gasteiger partial charge on any atom is -0.541 e. The third kappa shape index (κ3) is 58.7. The molecule has 0 spiro atoms. The standard InChI is InChI=1S/2C6H9O2.2C4H10O.Ti/c2*1-2-3-6(8)4-5-7;2*1-4(2)3-5;/h2*2-4H2,1H3;2*4-5H,3H2,1-2H3;/q2*-1;;;+2. The van der Waals surface area contributed by atoms with Crippen molar-refractivity contribution < 1.29 is 51.1 Å². The van der Waals surface area contributed by atoms with Crippen molar-refractivity contribution in [2.24, 2.45) is 11.8 Å². The Morgan fingerprint density at radius 1 is 0.741 bits per heavy atom. The first-order chi connectivity index (χ1) is 12.2. The molecule has 6 nitrogen and oxygen atoms in total. The van der Waals surface area contributed by atoms with Crippen LogP contribution < -0.4 is 0 Å². The number of hydrogen-bond acceptors (Lipinski definition) is 6. The second kappa shape index (κ2) is 32.9. The summed E-state index contributed by atoms with van der Waals surface area (Å²) in [5.74, 6) is 0.856. The van der Waals surface area contributed by atoms with Crippen molar-refractivity contribution in [2.45, 2.75) is 80.1 Å². The van der Waals surface area contributed by atoms with Crippen LogP contribution in [0.1, 0.15) is 80.1 Å². The molecule has 0 radical (unpaired) electrons. The summed E-state index contributed by atoms with van der Waals surface area (Å²) in [7, 11) is 0. The van der Waals surface area contributed by atoms with Gasteiger partial charge >= 0.3 is 21.7 Å². The van der Waals surface area contributed by atoms with Crippen molar-refractivity contribution in [3.8, 4) is 0 Å². The molecular weight excluding hydrogens is 384 g/mol. The Hall–Kier alpha value is -0.686. The van der Waals surface area contributed by atoms with Gasteiger partial charge in [0.1, 0.15) is 11.6 Å². The van der Waals surface area contributed by atoms with E-state index < -0.39 is 0 Å². The van der Waals surface area contributed by atoms with E-state index in [0.717, 1.165) is 12.8 Å². The van der Waals surface area contributed by atoms with Crippen molar-refractivity contribution >= 4 is 24.1 Å². The maximum absolute atomic E-state index is 10.4. The third-order valence-corrected chi connectivity index (χ3v) is 2.33. The molecule has 0 aliphatic rings. The quantitative estimate of drug-likeness (QED) is 0.318. The van der Waals surface area contributed by atoms with Gasteiger partial charge in [-0.15, -0.1) is 0 Å². The van der Waals surface area contributed by atoms with Gasteiger partial charge in [-0.05, 0) is 24.7 Å². The summed E-state index contributed by atoms with van der Waals surface area (Å²) in [4.78, 5) is 39.8. The zero-order chi connectivity index (χ0) is 21.4. The van der Waals surface area contributed by atoms with Gasteiger partial charge in [-0.25, -0.2) is 0 Å². The van der Waals surface area contributed by atoms with E-state index >= 15 is 0 Å². The molecule has 0 saturated carbocycles. The summed E-state index contributed by atoms with van der Waals surface area (Å²) in [5.41, 5.74) is 0. The Kier molecular flexibility index (Phi) is 45.3. The Bertz CT molecular complexity index is 298. The van der Waals surface area contributed by atoms with E-state index in [4.69, 9.17) is 10.2 Å². The summed E-state index contributed by atoms with van der Waals surface area (Å²) < 4.78 is 0. The van der Waals surface area contributed by atoms with E-state index in [-0.39, 0.29) is 46.1 Å². The summed E-state index contributed by atoms with van der Waals surface area (Å²) in [6.07, 6.45) is 5.70. The molecule has 0 rings (SSSR count). The fraction of sp³-hybridized carbons (Fsp3) is 0.800.